The Morgan fingerprint density at radius 3 is 2.67 bits per heavy atom. The third-order valence-electron chi connectivity index (χ3n) is 2.93. The lowest BCUT2D eigenvalue weighted by molar-refractivity contribution is 0.478. The van der Waals surface area contributed by atoms with Crippen LogP contribution in [0.3, 0.4) is 0 Å². The summed E-state index contributed by atoms with van der Waals surface area (Å²) in [6.45, 7) is 4.04. The number of nitriles is 1. The van der Waals surface area contributed by atoms with Gasteiger partial charge in [-0.2, -0.15) is 5.26 Å². The van der Waals surface area contributed by atoms with Crippen molar-refractivity contribution in [3.63, 3.8) is 0 Å². The first-order chi connectivity index (χ1) is 8.61. The predicted molar refractivity (Wildman–Crippen MR) is 71.6 cm³/mol. The Balaban J connectivity index is 2.35. The molecule has 2 aromatic rings. The smallest absolute Gasteiger partial charge is 0.130 e. The number of nitrogen functional groups attached to an aromatic ring is 1. The second-order valence-corrected chi connectivity index (χ2v) is 4.16. The van der Waals surface area contributed by atoms with Gasteiger partial charge in [-0.05, 0) is 43.2 Å². The van der Waals surface area contributed by atoms with Gasteiger partial charge in [0.25, 0.3) is 0 Å². The maximum Gasteiger partial charge on any atom is 0.130 e. The van der Waals surface area contributed by atoms with Crippen LogP contribution in [0.25, 0.3) is 0 Å². The molecule has 2 N–H and O–H groups in total. The van der Waals surface area contributed by atoms with Gasteiger partial charge in [0.05, 0.1) is 5.56 Å². The first-order valence-electron chi connectivity index (χ1n) is 5.65. The van der Waals surface area contributed by atoms with Crippen LogP contribution >= 0.6 is 0 Å². The lowest BCUT2D eigenvalue weighted by atomic mass is 10.1. The molecule has 0 saturated heterocycles. The number of hydrogen-bond acceptors (Lipinski definition) is 3. The molecule has 0 radical (unpaired) electrons. The van der Waals surface area contributed by atoms with Crippen LogP contribution in [0.5, 0.6) is 11.5 Å². The van der Waals surface area contributed by atoms with E-state index in [-0.39, 0.29) is 0 Å². The molecule has 0 bridgehead atoms. The second-order valence-electron chi connectivity index (χ2n) is 4.16. The molecular weight excluding hydrogens is 224 g/mol. The summed E-state index contributed by atoms with van der Waals surface area (Å²) in [5.41, 5.74) is 8.82. The summed E-state index contributed by atoms with van der Waals surface area (Å²) >= 11 is 0. The SMILES string of the molecule is Cc1cccc(Oc2ccc(N)c(C#N)c2)c1C. The Labute approximate surface area is 106 Å². The third kappa shape index (κ3) is 2.28. The van der Waals surface area contributed by atoms with Crippen molar-refractivity contribution in [2.75, 3.05) is 5.73 Å². The number of rotatable bonds is 2. The standard InChI is InChI=1S/C15H14N2O/c1-10-4-3-5-15(11(10)2)18-13-6-7-14(17)12(8-13)9-16/h3-8H,17H2,1-2H3. The molecule has 0 fully saturated rings. The molecule has 90 valence electrons. The van der Waals surface area contributed by atoms with Gasteiger partial charge in [0.1, 0.15) is 17.6 Å². The molecule has 0 atom stereocenters. The first-order valence-corrected chi connectivity index (χ1v) is 5.65. The molecule has 0 aliphatic heterocycles. The van der Waals surface area contributed by atoms with Crippen molar-refractivity contribution in [1.82, 2.24) is 0 Å². The van der Waals surface area contributed by atoms with Gasteiger partial charge in [-0.1, -0.05) is 12.1 Å². The van der Waals surface area contributed by atoms with Crippen molar-refractivity contribution in [3.05, 3.63) is 53.1 Å². The zero-order chi connectivity index (χ0) is 13.1. The number of ether oxygens (including phenoxy) is 1. The summed E-state index contributed by atoms with van der Waals surface area (Å²) < 4.78 is 5.78. The van der Waals surface area contributed by atoms with E-state index < -0.39 is 0 Å². The molecule has 0 amide bonds. The summed E-state index contributed by atoms with van der Waals surface area (Å²) in [4.78, 5) is 0. The molecule has 0 heterocycles. The number of aryl methyl sites for hydroxylation is 1. The van der Waals surface area contributed by atoms with E-state index in [1.807, 2.05) is 38.1 Å². The minimum Gasteiger partial charge on any atom is -0.457 e. The molecule has 0 saturated carbocycles. The number of nitrogens with zero attached hydrogens (tertiary/aromatic N) is 1. The van der Waals surface area contributed by atoms with E-state index in [0.29, 0.717) is 17.0 Å². The molecular formula is C15H14N2O. The van der Waals surface area contributed by atoms with Gasteiger partial charge < -0.3 is 10.5 Å². The van der Waals surface area contributed by atoms with Crippen LogP contribution in [-0.4, -0.2) is 0 Å². The molecule has 3 nitrogen and oxygen atoms in total. The fourth-order valence-corrected chi connectivity index (χ4v) is 1.66. The monoisotopic (exact) mass is 238 g/mol. The summed E-state index contributed by atoms with van der Waals surface area (Å²) in [5, 5.41) is 8.92. The van der Waals surface area contributed by atoms with Crippen molar-refractivity contribution >= 4 is 5.69 Å². The third-order valence-corrected chi connectivity index (χ3v) is 2.93. The topological polar surface area (TPSA) is 59.0 Å². The molecule has 3 heteroatoms. The van der Waals surface area contributed by atoms with Gasteiger partial charge >= 0.3 is 0 Å². The minimum absolute atomic E-state index is 0.429. The summed E-state index contributed by atoms with van der Waals surface area (Å²) in [7, 11) is 0. The largest absolute Gasteiger partial charge is 0.457 e. The van der Waals surface area contributed by atoms with Crippen molar-refractivity contribution in [3.8, 4) is 17.6 Å². The number of benzene rings is 2. The number of anilines is 1. The van der Waals surface area contributed by atoms with Crippen LogP contribution in [0.4, 0.5) is 5.69 Å². The minimum atomic E-state index is 0.429. The highest BCUT2D eigenvalue weighted by Gasteiger charge is 2.05. The van der Waals surface area contributed by atoms with E-state index in [9.17, 15) is 0 Å². The Hall–Kier alpha value is -2.47. The quantitative estimate of drug-likeness (QED) is 0.814. The number of nitrogens with two attached hydrogens (primary N) is 1. The van der Waals surface area contributed by atoms with Crippen LogP contribution < -0.4 is 10.5 Å². The molecule has 0 spiro atoms. The van der Waals surface area contributed by atoms with E-state index >= 15 is 0 Å². The normalized spacial score (nSPS) is 9.83. The van der Waals surface area contributed by atoms with Gasteiger partial charge in [-0.25, -0.2) is 0 Å². The van der Waals surface area contributed by atoms with Crippen LogP contribution in [0.1, 0.15) is 16.7 Å². The van der Waals surface area contributed by atoms with E-state index in [1.165, 1.54) is 5.56 Å². The lowest BCUT2D eigenvalue weighted by Crippen LogP contribution is -1.93. The lowest BCUT2D eigenvalue weighted by Gasteiger charge is -2.11. The highest BCUT2D eigenvalue weighted by atomic mass is 16.5. The van der Waals surface area contributed by atoms with E-state index in [4.69, 9.17) is 15.7 Å². The van der Waals surface area contributed by atoms with Gasteiger partial charge in [-0.15, -0.1) is 0 Å². The second kappa shape index (κ2) is 4.80. The van der Waals surface area contributed by atoms with E-state index in [2.05, 4.69) is 0 Å². The van der Waals surface area contributed by atoms with Crippen molar-refractivity contribution < 1.29 is 4.74 Å². The summed E-state index contributed by atoms with van der Waals surface area (Å²) in [6.07, 6.45) is 0. The maximum absolute atomic E-state index is 8.92. The van der Waals surface area contributed by atoms with Gasteiger partial charge in [0, 0.05) is 11.8 Å². The maximum atomic E-state index is 8.92. The van der Waals surface area contributed by atoms with Crippen LogP contribution in [0, 0.1) is 25.2 Å². The van der Waals surface area contributed by atoms with Gasteiger partial charge in [0.15, 0.2) is 0 Å². The average molecular weight is 238 g/mol. The van der Waals surface area contributed by atoms with Crippen molar-refractivity contribution in [2.45, 2.75) is 13.8 Å². The van der Waals surface area contributed by atoms with Gasteiger partial charge in [0.2, 0.25) is 0 Å². The van der Waals surface area contributed by atoms with E-state index in [0.717, 1.165) is 11.3 Å². The van der Waals surface area contributed by atoms with Crippen LogP contribution in [0.2, 0.25) is 0 Å². The van der Waals surface area contributed by atoms with Crippen LogP contribution in [-0.2, 0) is 0 Å². The highest BCUT2D eigenvalue weighted by Crippen LogP contribution is 2.28. The van der Waals surface area contributed by atoms with Crippen molar-refractivity contribution in [2.24, 2.45) is 0 Å². The zero-order valence-electron chi connectivity index (χ0n) is 10.4. The Morgan fingerprint density at radius 1 is 1.17 bits per heavy atom. The summed E-state index contributed by atoms with van der Waals surface area (Å²) in [6, 6.07) is 13.0. The Kier molecular flexibility index (Phi) is 3.20. The van der Waals surface area contributed by atoms with Crippen LogP contribution in [0.15, 0.2) is 36.4 Å². The molecule has 0 aliphatic carbocycles. The first kappa shape index (κ1) is 12.0. The fourth-order valence-electron chi connectivity index (χ4n) is 1.66. The summed E-state index contributed by atoms with van der Waals surface area (Å²) in [5.74, 6) is 1.41. The molecule has 2 aromatic carbocycles. The molecule has 18 heavy (non-hydrogen) atoms. The molecule has 0 aliphatic rings. The predicted octanol–water partition coefficient (Wildman–Crippen LogP) is 3.55. The fraction of sp³-hybridized carbons (Fsp3) is 0.133. The highest BCUT2D eigenvalue weighted by molar-refractivity contribution is 5.57. The van der Waals surface area contributed by atoms with Crippen molar-refractivity contribution in [1.29, 1.82) is 5.26 Å². The average Bonchev–Trinajstić information content (AvgIpc) is 2.37. The molecule has 2 rings (SSSR count). The molecule has 0 aromatic heterocycles. The zero-order valence-corrected chi connectivity index (χ0v) is 10.4. The Bertz CT molecular complexity index is 627. The number of hydrogen-bond donors (Lipinski definition) is 1. The van der Waals surface area contributed by atoms with Gasteiger partial charge in [-0.3, -0.25) is 0 Å². The molecule has 0 unspecified atom stereocenters. The Morgan fingerprint density at radius 2 is 1.94 bits per heavy atom. The van der Waals surface area contributed by atoms with E-state index in [1.54, 1.807) is 18.2 Å².